The fourth-order valence-corrected chi connectivity index (χ4v) is 4.41. The van der Waals surface area contributed by atoms with E-state index >= 15 is 0 Å². The maximum atomic E-state index is 12.5. The maximum Gasteiger partial charge on any atom is 0.227 e. The Balaban J connectivity index is 1.35. The largest absolute Gasteiger partial charge is 0.338 e. The van der Waals surface area contributed by atoms with Gasteiger partial charge in [0, 0.05) is 29.3 Å². The first kappa shape index (κ1) is 18.7. The third-order valence-electron chi connectivity index (χ3n) is 6.08. The van der Waals surface area contributed by atoms with Crippen molar-refractivity contribution in [2.24, 2.45) is 5.92 Å². The maximum absolute atomic E-state index is 12.5. The van der Waals surface area contributed by atoms with E-state index in [2.05, 4.69) is 30.5 Å². The van der Waals surface area contributed by atoms with Crippen molar-refractivity contribution in [3.05, 3.63) is 55.0 Å². The van der Waals surface area contributed by atoms with Gasteiger partial charge in [0.15, 0.2) is 0 Å². The molecule has 5 aromatic rings. The van der Waals surface area contributed by atoms with E-state index in [9.17, 15) is 4.79 Å². The summed E-state index contributed by atoms with van der Waals surface area (Å²) < 4.78 is 0. The van der Waals surface area contributed by atoms with Gasteiger partial charge in [-0.05, 0) is 49.2 Å². The number of rotatable bonds is 4. The average Bonchev–Trinajstić information content (AvgIpc) is 3.58. The summed E-state index contributed by atoms with van der Waals surface area (Å²) in [6, 6.07) is 11.7. The molecular weight excluding hydrogens is 402 g/mol. The number of pyridine rings is 3. The number of carbonyl (C=O) groups is 1. The van der Waals surface area contributed by atoms with Crippen LogP contribution in [0.3, 0.4) is 0 Å². The van der Waals surface area contributed by atoms with Gasteiger partial charge in [0.25, 0.3) is 0 Å². The summed E-state index contributed by atoms with van der Waals surface area (Å²) in [5.41, 5.74) is 6.29. The summed E-state index contributed by atoms with van der Waals surface area (Å²) in [6.07, 6.45) is 9.36. The van der Waals surface area contributed by atoms with Crippen LogP contribution in [0.1, 0.15) is 25.7 Å². The number of hydrogen-bond acceptors (Lipinski definition) is 5. The number of hydrogen-bond donors (Lipinski definition) is 3. The number of amides is 1. The molecule has 8 heteroatoms. The minimum atomic E-state index is 0.0782. The Kier molecular flexibility index (Phi) is 4.41. The quantitative estimate of drug-likeness (QED) is 0.388. The van der Waals surface area contributed by atoms with Crippen molar-refractivity contribution in [3.63, 3.8) is 0 Å². The van der Waals surface area contributed by atoms with E-state index < -0.39 is 0 Å². The van der Waals surface area contributed by atoms with Gasteiger partial charge in [0.05, 0.1) is 28.8 Å². The first-order valence-corrected chi connectivity index (χ1v) is 10.8. The van der Waals surface area contributed by atoms with Gasteiger partial charge in [-0.1, -0.05) is 12.8 Å². The number of nitrogens with one attached hydrogen (secondary N) is 3. The first-order valence-electron chi connectivity index (χ1n) is 10.8. The highest BCUT2D eigenvalue weighted by molar-refractivity contribution is 5.94. The standard InChI is InChI=1S/C24H21N7O/c32-24(14-4-1-2-5-14)27-17-10-16(12-25-13-17)18-7-8-19-21(28-18)22(31-30-19)20-11-15-6-3-9-26-23(15)29-20/h3,6-14H,1-2,4-5H2,(H,26,29)(H,27,32)(H,30,31). The molecule has 0 radical (unpaired) electrons. The van der Waals surface area contributed by atoms with Crippen LogP contribution in [0.4, 0.5) is 5.69 Å². The van der Waals surface area contributed by atoms with Crippen molar-refractivity contribution in [2.75, 3.05) is 5.32 Å². The molecule has 8 nitrogen and oxygen atoms in total. The van der Waals surface area contributed by atoms with Crippen LogP contribution in [0.5, 0.6) is 0 Å². The Morgan fingerprint density at radius 2 is 2.00 bits per heavy atom. The minimum absolute atomic E-state index is 0.0782. The van der Waals surface area contributed by atoms with E-state index in [0.29, 0.717) is 5.69 Å². The van der Waals surface area contributed by atoms with Gasteiger partial charge >= 0.3 is 0 Å². The topological polar surface area (TPSA) is 112 Å². The SMILES string of the molecule is O=C(Nc1cncc(-c2ccc3[nH]nc(-c4cc5cccnc5[nH]4)c3n2)c1)C1CCCC1. The molecule has 1 aliphatic rings. The minimum Gasteiger partial charge on any atom is -0.338 e. The van der Waals surface area contributed by atoms with E-state index in [1.165, 1.54) is 0 Å². The highest BCUT2D eigenvalue weighted by Crippen LogP contribution is 2.30. The number of aromatic nitrogens is 6. The third kappa shape index (κ3) is 3.30. The number of anilines is 1. The molecule has 158 valence electrons. The summed E-state index contributed by atoms with van der Waals surface area (Å²) in [7, 11) is 0. The zero-order chi connectivity index (χ0) is 21.5. The van der Waals surface area contributed by atoms with Crippen molar-refractivity contribution in [1.29, 1.82) is 0 Å². The second-order valence-electron chi connectivity index (χ2n) is 8.22. The normalized spacial score (nSPS) is 14.4. The summed E-state index contributed by atoms with van der Waals surface area (Å²) in [5.74, 6) is 0.182. The van der Waals surface area contributed by atoms with Gasteiger partial charge in [-0.3, -0.25) is 14.9 Å². The predicted molar refractivity (Wildman–Crippen MR) is 123 cm³/mol. The Labute approximate surface area is 183 Å². The molecule has 0 atom stereocenters. The van der Waals surface area contributed by atoms with Gasteiger partial charge in [0.2, 0.25) is 5.91 Å². The van der Waals surface area contributed by atoms with Crippen LogP contribution >= 0.6 is 0 Å². The molecular formula is C24H21N7O. The molecule has 1 fully saturated rings. The van der Waals surface area contributed by atoms with E-state index in [0.717, 1.165) is 70.4 Å². The van der Waals surface area contributed by atoms with Crippen LogP contribution in [0, 0.1) is 5.92 Å². The van der Waals surface area contributed by atoms with E-state index in [1.807, 2.05) is 36.4 Å². The zero-order valence-electron chi connectivity index (χ0n) is 17.3. The monoisotopic (exact) mass is 423 g/mol. The van der Waals surface area contributed by atoms with Gasteiger partial charge in [-0.25, -0.2) is 9.97 Å². The molecule has 32 heavy (non-hydrogen) atoms. The Morgan fingerprint density at radius 1 is 1.09 bits per heavy atom. The van der Waals surface area contributed by atoms with Crippen LogP contribution < -0.4 is 5.32 Å². The van der Waals surface area contributed by atoms with Crippen molar-refractivity contribution < 1.29 is 4.79 Å². The first-order chi connectivity index (χ1) is 15.7. The van der Waals surface area contributed by atoms with Gasteiger partial charge < -0.3 is 10.3 Å². The predicted octanol–water partition coefficient (Wildman–Crippen LogP) is 4.69. The number of carbonyl (C=O) groups excluding carboxylic acids is 1. The molecule has 1 saturated carbocycles. The second kappa shape index (κ2) is 7.56. The highest BCUT2D eigenvalue weighted by atomic mass is 16.1. The van der Waals surface area contributed by atoms with Gasteiger partial charge in [-0.15, -0.1) is 0 Å². The third-order valence-corrected chi connectivity index (χ3v) is 6.08. The molecule has 0 aliphatic heterocycles. The van der Waals surface area contributed by atoms with Gasteiger partial charge in [0.1, 0.15) is 16.9 Å². The molecule has 0 unspecified atom stereocenters. The number of H-pyrrole nitrogens is 2. The fourth-order valence-electron chi connectivity index (χ4n) is 4.41. The fraction of sp³-hybridized carbons (Fsp3) is 0.208. The van der Waals surface area contributed by atoms with Crippen LogP contribution in [0.25, 0.3) is 44.7 Å². The summed E-state index contributed by atoms with van der Waals surface area (Å²) in [6.45, 7) is 0. The van der Waals surface area contributed by atoms with Gasteiger partial charge in [-0.2, -0.15) is 5.10 Å². The Morgan fingerprint density at radius 3 is 2.88 bits per heavy atom. The van der Waals surface area contributed by atoms with Crippen LogP contribution in [-0.4, -0.2) is 36.0 Å². The van der Waals surface area contributed by atoms with E-state index in [4.69, 9.17) is 4.98 Å². The van der Waals surface area contributed by atoms with Crippen LogP contribution in [0.15, 0.2) is 55.0 Å². The zero-order valence-corrected chi connectivity index (χ0v) is 17.3. The van der Waals surface area contributed by atoms with E-state index in [1.54, 1.807) is 18.6 Å². The number of nitrogens with zero attached hydrogens (tertiary/aromatic N) is 4. The van der Waals surface area contributed by atoms with Crippen molar-refractivity contribution in [3.8, 4) is 22.6 Å². The van der Waals surface area contributed by atoms with Crippen LogP contribution in [0.2, 0.25) is 0 Å². The summed E-state index contributed by atoms with van der Waals surface area (Å²) >= 11 is 0. The molecule has 3 N–H and O–H groups in total. The lowest BCUT2D eigenvalue weighted by Crippen LogP contribution is -2.20. The molecule has 6 rings (SSSR count). The lowest BCUT2D eigenvalue weighted by molar-refractivity contribution is -0.119. The van der Waals surface area contributed by atoms with Crippen molar-refractivity contribution in [2.45, 2.75) is 25.7 Å². The molecule has 0 saturated heterocycles. The molecule has 0 bridgehead atoms. The molecule has 5 heterocycles. The number of fused-ring (bicyclic) bond motifs is 2. The summed E-state index contributed by atoms with van der Waals surface area (Å²) in [4.78, 5) is 29.4. The molecule has 5 aromatic heterocycles. The molecule has 1 aliphatic carbocycles. The molecule has 0 spiro atoms. The Hall–Kier alpha value is -4.07. The van der Waals surface area contributed by atoms with Crippen molar-refractivity contribution >= 4 is 33.7 Å². The van der Waals surface area contributed by atoms with Crippen molar-refractivity contribution in [1.82, 2.24) is 30.1 Å². The Bertz CT molecular complexity index is 1410. The lowest BCUT2D eigenvalue weighted by atomic mass is 10.1. The molecule has 0 aromatic carbocycles. The summed E-state index contributed by atoms with van der Waals surface area (Å²) in [5, 5.41) is 11.6. The smallest absolute Gasteiger partial charge is 0.227 e. The highest BCUT2D eigenvalue weighted by Gasteiger charge is 2.22. The number of aromatic amines is 2. The second-order valence-corrected chi connectivity index (χ2v) is 8.22. The average molecular weight is 423 g/mol. The lowest BCUT2D eigenvalue weighted by Gasteiger charge is -2.11. The van der Waals surface area contributed by atoms with E-state index in [-0.39, 0.29) is 11.8 Å². The molecule has 1 amide bonds. The van der Waals surface area contributed by atoms with Crippen LogP contribution in [-0.2, 0) is 4.79 Å².